The first-order chi connectivity index (χ1) is 7.81. The van der Waals surface area contributed by atoms with Crippen LogP contribution >= 0.6 is 15.9 Å². The minimum Gasteiger partial charge on any atom is -0.248 e. The van der Waals surface area contributed by atoms with Gasteiger partial charge in [-0.3, -0.25) is 0 Å². The van der Waals surface area contributed by atoms with Crippen molar-refractivity contribution in [1.82, 2.24) is 15.0 Å². The van der Waals surface area contributed by atoms with E-state index in [9.17, 15) is 0 Å². The Labute approximate surface area is 104 Å². The number of alkyl halides is 1. The smallest absolute Gasteiger partial charge is 0.0932 e. The third-order valence-electron chi connectivity index (χ3n) is 2.50. The standard InChI is InChI=1S/C12H14BrN3/c1-2-10-3-5-11(6-4-10)8-16-9-12(7-13)14-15-16/h3-6,9H,2,7-8H2,1H3. The molecule has 16 heavy (non-hydrogen) atoms. The van der Waals surface area contributed by atoms with Crippen LogP contribution in [0.15, 0.2) is 30.5 Å². The molecule has 4 heteroatoms. The monoisotopic (exact) mass is 279 g/mol. The zero-order chi connectivity index (χ0) is 11.4. The third-order valence-corrected chi connectivity index (χ3v) is 3.07. The number of aryl methyl sites for hydroxylation is 1. The summed E-state index contributed by atoms with van der Waals surface area (Å²) in [4.78, 5) is 0. The van der Waals surface area contributed by atoms with Crippen LogP contribution in [0.5, 0.6) is 0 Å². The molecule has 0 saturated carbocycles. The second-order valence-corrected chi connectivity index (χ2v) is 4.27. The molecule has 0 N–H and O–H groups in total. The summed E-state index contributed by atoms with van der Waals surface area (Å²) in [5.41, 5.74) is 3.58. The van der Waals surface area contributed by atoms with Gasteiger partial charge in [0.2, 0.25) is 0 Å². The van der Waals surface area contributed by atoms with E-state index in [1.807, 2.05) is 10.9 Å². The lowest BCUT2D eigenvalue weighted by molar-refractivity contribution is 0.649. The van der Waals surface area contributed by atoms with Gasteiger partial charge in [0.15, 0.2) is 0 Å². The van der Waals surface area contributed by atoms with E-state index in [2.05, 4.69) is 57.4 Å². The van der Waals surface area contributed by atoms with Gasteiger partial charge >= 0.3 is 0 Å². The molecule has 0 spiro atoms. The second-order valence-electron chi connectivity index (χ2n) is 3.71. The van der Waals surface area contributed by atoms with E-state index >= 15 is 0 Å². The molecule has 0 bridgehead atoms. The summed E-state index contributed by atoms with van der Waals surface area (Å²) in [5, 5.41) is 8.84. The van der Waals surface area contributed by atoms with E-state index in [-0.39, 0.29) is 0 Å². The molecule has 0 radical (unpaired) electrons. The highest BCUT2D eigenvalue weighted by molar-refractivity contribution is 9.08. The third kappa shape index (κ3) is 2.70. The molecule has 1 aromatic carbocycles. The lowest BCUT2D eigenvalue weighted by Gasteiger charge is -2.02. The van der Waals surface area contributed by atoms with Crippen molar-refractivity contribution >= 4 is 15.9 Å². The summed E-state index contributed by atoms with van der Waals surface area (Å²) in [5.74, 6) is 0. The molecular weight excluding hydrogens is 266 g/mol. The van der Waals surface area contributed by atoms with Gasteiger partial charge in [0.1, 0.15) is 0 Å². The van der Waals surface area contributed by atoms with Crippen LogP contribution in [0.1, 0.15) is 23.7 Å². The second kappa shape index (κ2) is 5.25. The first kappa shape index (κ1) is 11.3. The number of aromatic nitrogens is 3. The highest BCUT2D eigenvalue weighted by atomic mass is 79.9. The van der Waals surface area contributed by atoms with Gasteiger partial charge in [-0.15, -0.1) is 5.10 Å². The molecule has 0 amide bonds. The maximum atomic E-state index is 4.06. The van der Waals surface area contributed by atoms with Crippen molar-refractivity contribution in [2.24, 2.45) is 0 Å². The summed E-state index contributed by atoms with van der Waals surface area (Å²) in [6.45, 7) is 2.94. The van der Waals surface area contributed by atoms with Crippen LogP contribution in [0, 0.1) is 0 Å². The Bertz CT molecular complexity index is 448. The molecule has 1 heterocycles. The Balaban J connectivity index is 2.08. The molecule has 0 aliphatic rings. The van der Waals surface area contributed by atoms with E-state index in [1.165, 1.54) is 11.1 Å². The zero-order valence-electron chi connectivity index (χ0n) is 9.23. The minimum absolute atomic E-state index is 0.752. The Morgan fingerprint density at radius 3 is 2.44 bits per heavy atom. The number of hydrogen-bond acceptors (Lipinski definition) is 2. The Morgan fingerprint density at radius 1 is 1.19 bits per heavy atom. The largest absolute Gasteiger partial charge is 0.248 e. The summed E-state index contributed by atoms with van der Waals surface area (Å²) in [6, 6.07) is 8.62. The molecule has 0 aliphatic heterocycles. The fourth-order valence-corrected chi connectivity index (χ4v) is 1.80. The first-order valence-corrected chi connectivity index (χ1v) is 6.46. The normalized spacial score (nSPS) is 10.6. The molecule has 2 rings (SSSR count). The van der Waals surface area contributed by atoms with Crippen LogP contribution < -0.4 is 0 Å². The van der Waals surface area contributed by atoms with Gasteiger partial charge in [-0.2, -0.15) is 0 Å². The van der Waals surface area contributed by atoms with E-state index in [0.717, 1.165) is 24.0 Å². The highest BCUT2D eigenvalue weighted by Crippen LogP contribution is 2.07. The van der Waals surface area contributed by atoms with Gasteiger partial charge < -0.3 is 0 Å². The quantitative estimate of drug-likeness (QED) is 0.806. The zero-order valence-corrected chi connectivity index (χ0v) is 10.8. The number of halogens is 1. The molecule has 0 aliphatic carbocycles. The average Bonchev–Trinajstić information content (AvgIpc) is 2.78. The molecule has 0 fully saturated rings. The Kier molecular flexibility index (Phi) is 3.72. The Hall–Kier alpha value is -1.16. The maximum absolute atomic E-state index is 4.06. The SMILES string of the molecule is CCc1ccc(Cn2cc(CBr)nn2)cc1. The summed E-state index contributed by atoms with van der Waals surface area (Å²) in [6.07, 6.45) is 3.04. The minimum atomic E-state index is 0.752. The van der Waals surface area contributed by atoms with Gasteiger partial charge in [0, 0.05) is 11.5 Å². The van der Waals surface area contributed by atoms with Crippen molar-refractivity contribution in [3.8, 4) is 0 Å². The maximum Gasteiger partial charge on any atom is 0.0932 e. The molecule has 2 aromatic rings. The fourth-order valence-electron chi connectivity index (χ4n) is 1.54. The molecule has 3 nitrogen and oxygen atoms in total. The van der Waals surface area contributed by atoms with E-state index in [4.69, 9.17) is 0 Å². The molecule has 84 valence electrons. The number of hydrogen-bond donors (Lipinski definition) is 0. The van der Waals surface area contributed by atoms with Gasteiger partial charge in [-0.25, -0.2) is 4.68 Å². The molecule has 0 saturated heterocycles. The van der Waals surface area contributed by atoms with Gasteiger partial charge in [-0.05, 0) is 17.5 Å². The van der Waals surface area contributed by atoms with E-state index in [0.29, 0.717) is 0 Å². The van der Waals surface area contributed by atoms with Crippen LogP contribution in [0.2, 0.25) is 0 Å². The molecule has 1 aromatic heterocycles. The predicted molar refractivity (Wildman–Crippen MR) is 67.6 cm³/mol. The molecule has 0 atom stereocenters. The van der Waals surface area contributed by atoms with Gasteiger partial charge in [0.05, 0.1) is 12.2 Å². The van der Waals surface area contributed by atoms with Crippen LogP contribution in [-0.2, 0) is 18.3 Å². The first-order valence-electron chi connectivity index (χ1n) is 5.34. The summed E-state index contributed by atoms with van der Waals surface area (Å²) >= 11 is 3.36. The predicted octanol–water partition coefficient (Wildman–Crippen LogP) is 2.78. The highest BCUT2D eigenvalue weighted by Gasteiger charge is 2.00. The number of rotatable bonds is 4. The van der Waals surface area contributed by atoms with Crippen LogP contribution in [0.25, 0.3) is 0 Å². The van der Waals surface area contributed by atoms with Crippen molar-refractivity contribution in [3.63, 3.8) is 0 Å². The van der Waals surface area contributed by atoms with Crippen LogP contribution in [0.4, 0.5) is 0 Å². The van der Waals surface area contributed by atoms with Crippen molar-refractivity contribution in [1.29, 1.82) is 0 Å². The summed E-state index contributed by atoms with van der Waals surface area (Å²) in [7, 11) is 0. The van der Waals surface area contributed by atoms with Crippen molar-refractivity contribution in [2.75, 3.05) is 0 Å². The number of nitrogens with zero attached hydrogens (tertiary/aromatic N) is 3. The van der Waals surface area contributed by atoms with E-state index in [1.54, 1.807) is 0 Å². The van der Waals surface area contributed by atoms with Crippen molar-refractivity contribution < 1.29 is 0 Å². The lowest BCUT2D eigenvalue weighted by Crippen LogP contribution is -2.00. The van der Waals surface area contributed by atoms with Crippen molar-refractivity contribution in [2.45, 2.75) is 25.2 Å². The van der Waals surface area contributed by atoms with E-state index < -0.39 is 0 Å². The average molecular weight is 280 g/mol. The topological polar surface area (TPSA) is 30.7 Å². The van der Waals surface area contributed by atoms with Gasteiger partial charge in [-0.1, -0.05) is 52.3 Å². The fraction of sp³-hybridized carbons (Fsp3) is 0.333. The Morgan fingerprint density at radius 2 is 1.88 bits per heavy atom. The molecular formula is C12H14BrN3. The van der Waals surface area contributed by atoms with Crippen molar-refractivity contribution in [3.05, 3.63) is 47.3 Å². The number of benzene rings is 1. The summed E-state index contributed by atoms with van der Waals surface area (Å²) < 4.78 is 1.86. The lowest BCUT2D eigenvalue weighted by atomic mass is 10.1. The van der Waals surface area contributed by atoms with Crippen LogP contribution in [-0.4, -0.2) is 15.0 Å². The van der Waals surface area contributed by atoms with Gasteiger partial charge in [0.25, 0.3) is 0 Å². The molecule has 0 unspecified atom stereocenters. The van der Waals surface area contributed by atoms with Crippen LogP contribution in [0.3, 0.4) is 0 Å².